The highest BCUT2D eigenvalue weighted by Gasteiger charge is 2.44. The Balaban J connectivity index is 2.00. The molecule has 0 atom stereocenters. The highest BCUT2D eigenvalue weighted by Crippen LogP contribution is 2.46. The minimum Gasteiger partial charge on any atom is -0.330 e. The SMILES string of the molecule is NCC1(c2cccc(-c3ccccc3)n2)CC1. The van der Waals surface area contributed by atoms with Crippen molar-refractivity contribution in [3.05, 3.63) is 54.2 Å². The van der Waals surface area contributed by atoms with Crippen molar-refractivity contribution in [3.8, 4) is 11.3 Å². The Kier molecular flexibility index (Phi) is 2.45. The van der Waals surface area contributed by atoms with Gasteiger partial charge in [0.2, 0.25) is 0 Å². The molecular formula is C15H16N2. The summed E-state index contributed by atoms with van der Waals surface area (Å²) in [6.45, 7) is 0.707. The zero-order valence-electron chi connectivity index (χ0n) is 9.76. The molecule has 1 aromatic heterocycles. The first-order chi connectivity index (χ1) is 8.34. The van der Waals surface area contributed by atoms with Crippen LogP contribution in [0.25, 0.3) is 11.3 Å². The fraction of sp³-hybridized carbons (Fsp3) is 0.267. The molecule has 0 spiro atoms. The largest absolute Gasteiger partial charge is 0.330 e. The van der Waals surface area contributed by atoms with E-state index >= 15 is 0 Å². The van der Waals surface area contributed by atoms with Crippen LogP contribution in [-0.4, -0.2) is 11.5 Å². The Bertz CT molecular complexity index is 515. The van der Waals surface area contributed by atoms with Gasteiger partial charge in [-0.1, -0.05) is 36.4 Å². The molecule has 17 heavy (non-hydrogen) atoms. The van der Waals surface area contributed by atoms with Crippen molar-refractivity contribution in [3.63, 3.8) is 0 Å². The van der Waals surface area contributed by atoms with Crippen LogP contribution >= 0.6 is 0 Å². The Morgan fingerprint density at radius 2 is 1.76 bits per heavy atom. The second-order valence-corrected chi connectivity index (χ2v) is 4.76. The first-order valence-corrected chi connectivity index (χ1v) is 6.07. The van der Waals surface area contributed by atoms with Crippen molar-refractivity contribution in [1.29, 1.82) is 0 Å². The number of nitrogens with zero attached hydrogens (tertiary/aromatic N) is 1. The van der Waals surface area contributed by atoms with E-state index in [1.165, 1.54) is 18.4 Å². The predicted octanol–water partition coefficient (Wildman–Crippen LogP) is 2.74. The molecule has 1 saturated carbocycles. The molecule has 1 aromatic carbocycles. The second kappa shape index (κ2) is 3.97. The summed E-state index contributed by atoms with van der Waals surface area (Å²) in [5.74, 6) is 0. The molecule has 0 aliphatic heterocycles. The minimum atomic E-state index is 0.171. The zero-order chi connectivity index (χ0) is 11.7. The van der Waals surface area contributed by atoms with Crippen molar-refractivity contribution in [2.45, 2.75) is 18.3 Å². The average Bonchev–Trinajstić information content (AvgIpc) is 3.21. The highest BCUT2D eigenvalue weighted by molar-refractivity contribution is 5.59. The third-order valence-electron chi connectivity index (χ3n) is 3.61. The van der Waals surface area contributed by atoms with Gasteiger partial charge in [0.15, 0.2) is 0 Å². The van der Waals surface area contributed by atoms with E-state index in [4.69, 9.17) is 10.7 Å². The van der Waals surface area contributed by atoms with Crippen molar-refractivity contribution in [2.24, 2.45) is 5.73 Å². The molecule has 0 saturated heterocycles. The summed E-state index contributed by atoms with van der Waals surface area (Å²) in [7, 11) is 0. The molecule has 1 aliphatic carbocycles. The molecule has 0 radical (unpaired) electrons. The van der Waals surface area contributed by atoms with Crippen molar-refractivity contribution < 1.29 is 0 Å². The van der Waals surface area contributed by atoms with Crippen molar-refractivity contribution >= 4 is 0 Å². The summed E-state index contributed by atoms with van der Waals surface area (Å²) in [4.78, 5) is 4.77. The summed E-state index contributed by atoms with van der Waals surface area (Å²) < 4.78 is 0. The van der Waals surface area contributed by atoms with E-state index in [2.05, 4.69) is 30.3 Å². The fourth-order valence-electron chi connectivity index (χ4n) is 2.22. The lowest BCUT2D eigenvalue weighted by Gasteiger charge is -2.12. The van der Waals surface area contributed by atoms with Gasteiger partial charge in [-0.05, 0) is 25.0 Å². The lowest BCUT2D eigenvalue weighted by Crippen LogP contribution is -2.21. The topological polar surface area (TPSA) is 38.9 Å². The lowest BCUT2D eigenvalue weighted by atomic mass is 10.0. The van der Waals surface area contributed by atoms with E-state index in [-0.39, 0.29) is 5.41 Å². The van der Waals surface area contributed by atoms with E-state index in [0.29, 0.717) is 6.54 Å². The van der Waals surface area contributed by atoms with Gasteiger partial charge in [-0.2, -0.15) is 0 Å². The van der Waals surface area contributed by atoms with Crippen LogP contribution in [0, 0.1) is 0 Å². The van der Waals surface area contributed by atoms with Crippen LogP contribution in [0.5, 0.6) is 0 Å². The third kappa shape index (κ3) is 1.85. The first-order valence-electron chi connectivity index (χ1n) is 6.07. The average molecular weight is 224 g/mol. The molecule has 1 heterocycles. The van der Waals surface area contributed by atoms with Gasteiger partial charge in [0.05, 0.1) is 5.69 Å². The summed E-state index contributed by atoms with van der Waals surface area (Å²) in [6, 6.07) is 16.5. The molecule has 3 rings (SSSR count). The standard InChI is InChI=1S/C15H16N2/c16-11-15(9-10-15)14-8-4-7-13(17-14)12-5-2-1-3-6-12/h1-8H,9-11,16H2. The van der Waals surface area contributed by atoms with Crippen molar-refractivity contribution in [2.75, 3.05) is 6.54 Å². The van der Waals surface area contributed by atoms with Crippen LogP contribution in [0.2, 0.25) is 0 Å². The minimum absolute atomic E-state index is 0.171. The number of aromatic nitrogens is 1. The molecule has 1 aliphatic rings. The number of hydrogen-bond acceptors (Lipinski definition) is 2. The van der Waals surface area contributed by atoms with E-state index in [0.717, 1.165) is 11.4 Å². The van der Waals surface area contributed by atoms with Crippen LogP contribution in [0.3, 0.4) is 0 Å². The second-order valence-electron chi connectivity index (χ2n) is 4.76. The Morgan fingerprint density at radius 3 is 2.41 bits per heavy atom. The maximum atomic E-state index is 5.85. The van der Waals surface area contributed by atoms with Gasteiger partial charge in [-0.15, -0.1) is 0 Å². The van der Waals surface area contributed by atoms with Crippen LogP contribution in [0.4, 0.5) is 0 Å². The molecule has 0 bridgehead atoms. The predicted molar refractivity (Wildman–Crippen MR) is 69.6 cm³/mol. The fourth-order valence-corrected chi connectivity index (χ4v) is 2.22. The number of pyridine rings is 1. The quantitative estimate of drug-likeness (QED) is 0.870. The summed E-state index contributed by atoms with van der Waals surface area (Å²) >= 11 is 0. The molecule has 86 valence electrons. The molecule has 2 aromatic rings. The van der Waals surface area contributed by atoms with Gasteiger partial charge >= 0.3 is 0 Å². The molecule has 1 fully saturated rings. The first kappa shape index (κ1) is 10.5. The molecule has 0 unspecified atom stereocenters. The van der Waals surface area contributed by atoms with E-state index < -0.39 is 0 Å². The number of nitrogens with two attached hydrogens (primary N) is 1. The summed E-state index contributed by atoms with van der Waals surface area (Å²) in [5.41, 5.74) is 9.39. The van der Waals surface area contributed by atoms with Gasteiger partial charge < -0.3 is 5.73 Å². The summed E-state index contributed by atoms with van der Waals surface area (Å²) in [6.07, 6.45) is 2.35. The summed E-state index contributed by atoms with van der Waals surface area (Å²) in [5, 5.41) is 0. The molecule has 0 amide bonds. The Hall–Kier alpha value is -1.67. The highest BCUT2D eigenvalue weighted by atomic mass is 14.8. The molecule has 2 N–H and O–H groups in total. The van der Waals surface area contributed by atoms with E-state index in [1.54, 1.807) is 0 Å². The normalized spacial score (nSPS) is 16.8. The molecule has 2 heteroatoms. The van der Waals surface area contributed by atoms with Crippen LogP contribution < -0.4 is 5.73 Å². The monoisotopic (exact) mass is 224 g/mol. The molecule has 2 nitrogen and oxygen atoms in total. The smallest absolute Gasteiger partial charge is 0.0705 e. The maximum absolute atomic E-state index is 5.85. The van der Waals surface area contributed by atoms with Crippen LogP contribution in [0.15, 0.2) is 48.5 Å². The third-order valence-corrected chi connectivity index (χ3v) is 3.61. The van der Waals surface area contributed by atoms with Gasteiger partial charge in [-0.3, -0.25) is 4.98 Å². The molecular weight excluding hydrogens is 208 g/mol. The maximum Gasteiger partial charge on any atom is 0.0705 e. The van der Waals surface area contributed by atoms with Crippen LogP contribution in [-0.2, 0) is 5.41 Å². The van der Waals surface area contributed by atoms with Crippen molar-refractivity contribution in [1.82, 2.24) is 4.98 Å². The lowest BCUT2D eigenvalue weighted by molar-refractivity contribution is 0.679. The number of rotatable bonds is 3. The van der Waals surface area contributed by atoms with Crippen LogP contribution in [0.1, 0.15) is 18.5 Å². The van der Waals surface area contributed by atoms with Gasteiger partial charge in [0, 0.05) is 23.2 Å². The van der Waals surface area contributed by atoms with Gasteiger partial charge in [0.25, 0.3) is 0 Å². The zero-order valence-corrected chi connectivity index (χ0v) is 9.76. The number of hydrogen-bond donors (Lipinski definition) is 1. The van der Waals surface area contributed by atoms with Gasteiger partial charge in [0.1, 0.15) is 0 Å². The van der Waals surface area contributed by atoms with Gasteiger partial charge in [-0.25, -0.2) is 0 Å². The number of benzene rings is 1. The Morgan fingerprint density at radius 1 is 1.00 bits per heavy atom. The van der Waals surface area contributed by atoms with E-state index in [9.17, 15) is 0 Å². The van der Waals surface area contributed by atoms with E-state index in [1.807, 2.05) is 18.2 Å². The Labute approximate surface area is 102 Å².